The van der Waals surface area contributed by atoms with Gasteiger partial charge in [-0.1, -0.05) is 57.5 Å². The lowest BCUT2D eigenvalue weighted by molar-refractivity contribution is -0.155. The average molecular weight is 422 g/mol. The van der Waals surface area contributed by atoms with Gasteiger partial charge in [-0.3, -0.25) is 4.79 Å². The fourth-order valence-electron chi connectivity index (χ4n) is 3.99. The molecule has 2 unspecified atom stereocenters. The van der Waals surface area contributed by atoms with Crippen LogP contribution in [0.2, 0.25) is 0 Å². The summed E-state index contributed by atoms with van der Waals surface area (Å²) in [6.07, 6.45) is 4.32. The first kappa shape index (κ1) is 23.7. The Morgan fingerprint density at radius 1 is 1.28 bits per heavy atom. The van der Waals surface area contributed by atoms with Crippen LogP contribution in [0.5, 0.6) is 0 Å². The minimum absolute atomic E-state index is 0.0348. The molecule has 29 heavy (non-hydrogen) atoms. The third-order valence-corrected chi connectivity index (χ3v) is 6.69. The lowest BCUT2D eigenvalue weighted by Gasteiger charge is -2.41. The maximum atomic E-state index is 13.1. The van der Waals surface area contributed by atoms with Gasteiger partial charge < -0.3 is 14.4 Å². The predicted molar refractivity (Wildman–Crippen MR) is 118 cm³/mol. The zero-order valence-corrected chi connectivity index (χ0v) is 19.0. The summed E-state index contributed by atoms with van der Waals surface area (Å²) < 4.78 is 10.9. The smallest absolute Gasteiger partial charge is 0.329 e. The molecule has 6 heteroatoms. The van der Waals surface area contributed by atoms with Crippen molar-refractivity contribution in [3.05, 3.63) is 35.9 Å². The normalized spacial score (nSPS) is 22.9. The summed E-state index contributed by atoms with van der Waals surface area (Å²) in [6.45, 7) is 7.10. The van der Waals surface area contributed by atoms with Crippen LogP contribution >= 0.6 is 12.6 Å². The average Bonchev–Trinajstić information content (AvgIpc) is 2.72. The van der Waals surface area contributed by atoms with Crippen molar-refractivity contribution < 1.29 is 19.1 Å². The number of hydrogen-bond acceptors (Lipinski definition) is 5. The first-order valence-corrected chi connectivity index (χ1v) is 11.1. The molecule has 1 fully saturated rings. The van der Waals surface area contributed by atoms with E-state index in [9.17, 15) is 9.59 Å². The zero-order valence-electron chi connectivity index (χ0n) is 18.1. The first-order chi connectivity index (χ1) is 13.8. The Bertz CT molecular complexity index is 666. The Morgan fingerprint density at radius 3 is 2.55 bits per heavy atom. The molecule has 162 valence electrons. The Morgan fingerprint density at radius 2 is 1.97 bits per heavy atom. The molecule has 1 saturated carbocycles. The van der Waals surface area contributed by atoms with Crippen LogP contribution in [0.1, 0.15) is 52.0 Å². The molecule has 1 aromatic rings. The Kier molecular flexibility index (Phi) is 9.03. The van der Waals surface area contributed by atoms with Crippen LogP contribution in [0.25, 0.3) is 0 Å². The van der Waals surface area contributed by atoms with Gasteiger partial charge in [0.05, 0.1) is 13.2 Å². The molecule has 3 atom stereocenters. The minimum Gasteiger partial charge on any atom is -0.467 e. The van der Waals surface area contributed by atoms with E-state index in [2.05, 4.69) is 33.4 Å². The van der Waals surface area contributed by atoms with Crippen molar-refractivity contribution >= 4 is 24.5 Å². The van der Waals surface area contributed by atoms with Gasteiger partial charge in [-0.05, 0) is 36.2 Å². The fraction of sp³-hybridized carbons (Fsp3) is 0.652. The first-order valence-electron chi connectivity index (χ1n) is 10.4. The van der Waals surface area contributed by atoms with Crippen molar-refractivity contribution in [3.8, 4) is 0 Å². The molecule has 1 aromatic carbocycles. The van der Waals surface area contributed by atoms with Gasteiger partial charge >= 0.3 is 5.97 Å². The van der Waals surface area contributed by atoms with Crippen LogP contribution in [0.3, 0.4) is 0 Å². The van der Waals surface area contributed by atoms with Crippen molar-refractivity contribution in [3.63, 3.8) is 0 Å². The van der Waals surface area contributed by atoms with E-state index in [-0.39, 0.29) is 29.8 Å². The van der Waals surface area contributed by atoms with Crippen LogP contribution in [0, 0.1) is 11.3 Å². The molecule has 5 nitrogen and oxygen atoms in total. The molecule has 0 radical (unpaired) electrons. The van der Waals surface area contributed by atoms with Crippen LogP contribution in [-0.4, -0.2) is 48.4 Å². The lowest BCUT2D eigenvalue weighted by atomic mass is 9.67. The van der Waals surface area contributed by atoms with E-state index in [4.69, 9.17) is 9.47 Å². The second-order valence-electron chi connectivity index (χ2n) is 8.57. The second-order valence-corrected chi connectivity index (χ2v) is 8.93. The van der Waals surface area contributed by atoms with Gasteiger partial charge in [-0.15, -0.1) is 0 Å². The Labute approximate surface area is 180 Å². The highest BCUT2D eigenvalue weighted by atomic mass is 32.1. The van der Waals surface area contributed by atoms with E-state index in [0.717, 1.165) is 24.8 Å². The summed E-state index contributed by atoms with van der Waals surface area (Å²) in [6, 6.07) is 8.87. The predicted octanol–water partition coefficient (Wildman–Crippen LogP) is 4.11. The molecule has 1 amide bonds. The Balaban J connectivity index is 2.07. The van der Waals surface area contributed by atoms with E-state index in [1.54, 1.807) is 0 Å². The third-order valence-electron chi connectivity index (χ3n) is 6.34. The summed E-state index contributed by atoms with van der Waals surface area (Å²) in [4.78, 5) is 26.8. The van der Waals surface area contributed by atoms with Gasteiger partial charge in [-0.2, -0.15) is 12.6 Å². The Hall–Kier alpha value is -1.53. The quantitative estimate of drug-likeness (QED) is 0.482. The molecule has 0 N–H and O–H groups in total. The molecule has 1 aliphatic rings. The minimum atomic E-state index is -0.744. The van der Waals surface area contributed by atoms with Crippen LogP contribution in [-0.2, 0) is 25.6 Å². The molecule has 0 heterocycles. The maximum absolute atomic E-state index is 13.1. The number of carbonyl (C=O) groups excluding carboxylic acids is 2. The van der Waals surface area contributed by atoms with Crippen molar-refractivity contribution in [1.29, 1.82) is 0 Å². The number of thiol groups is 1. The van der Waals surface area contributed by atoms with Gasteiger partial charge in [-0.25, -0.2) is 4.79 Å². The lowest BCUT2D eigenvalue weighted by Crippen LogP contribution is -2.48. The molecule has 0 aromatic heterocycles. The molecule has 0 saturated heterocycles. The number of methoxy groups -OCH3 is 1. The van der Waals surface area contributed by atoms with E-state index in [1.807, 2.05) is 30.3 Å². The van der Waals surface area contributed by atoms with Crippen LogP contribution in [0.15, 0.2) is 30.3 Å². The standard InChI is InChI=1S/C23H35NO4S/c1-17(2)23(3)12-8-11-19(13-23)28-15-21(25)24(20(16-29)22(26)27-4)14-18-9-6-5-7-10-18/h5-7,9-10,17,19-20,29H,8,11-16H2,1-4H3/t19?,20-,23?/m0/s1. The third kappa shape index (κ3) is 6.48. The molecule has 0 bridgehead atoms. The van der Waals surface area contributed by atoms with Gasteiger partial charge in [0.2, 0.25) is 5.91 Å². The largest absolute Gasteiger partial charge is 0.467 e. The molecule has 2 rings (SSSR count). The monoisotopic (exact) mass is 421 g/mol. The van der Waals surface area contributed by atoms with Gasteiger partial charge in [0.15, 0.2) is 0 Å². The van der Waals surface area contributed by atoms with Crippen molar-refractivity contribution in [1.82, 2.24) is 4.90 Å². The van der Waals surface area contributed by atoms with Crippen molar-refractivity contribution in [2.45, 2.75) is 65.1 Å². The maximum Gasteiger partial charge on any atom is 0.329 e. The number of esters is 1. The highest BCUT2D eigenvalue weighted by molar-refractivity contribution is 7.80. The number of amides is 1. The second kappa shape index (κ2) is 11.0. The summed E-state index contributed by atoms with van der Waals surface area (Å²) in [5, 5.41) is 0. The number of rotatable bonds is 9. The summed E-state index contributed by atoms with van der Waals surface area (Å²) >= 11 is 4.29. The van der Waals surface area contributed by atoms with Crippen LogP contribution < -0.4 is 0 Å². The van der Waals surface area contributed by atoms with E-state index < -0.39 is 12.0 Å². The zero-order chi connectivity index (χ0) is 21.4. The molecular formula is C23H35NO4S. The number of benzene rings is 1. The van der Waals surface area contributed by atoms with Crippen molar-refractivity contribution in [2.24, 2.45) is 11.3 Å². The highest BCUT2D eigenvalue weighted by Gasteiger charge is 2.36. The number of ether oxygens (including phenoxy) is 2. The number of hydrogen-bond donors (Lipinski definition) is 1. The van der Waals surface area contributed by atoms with E-state index in [0.29, 0.717) is 12.5 Å². The molecule has 0 spiro atoms. The SMILES string of the molecule is COC(=O)[C@H](CS)N(Cc1ccccc1)C(=O)COC1CCCC(C)(C(C)C)C1. The van der Waals surface area contributed by atoms with Gasteiger partial charge in [0.1, 0.15) is 12.6 Å². The van der Waals surface area contributed by atoms with E-state index in [1.165, 1.54) is 18.4 Å². The summed E-state index contributed by atoms with van der Waals surface area (Å²) in [5.41, 5.74) is 1.19. The van der Waals surface area contributed by atoms with Gasteiger partial charge in [0, 0.05) is 12.3 Å². The summed E-state index contributed by atoms with van der Waals surface area (Å²) in [7, 11) is 1.33. The van der Waals surface area contributed by atoms with Crippen LogP contribution in [0.4, 0.5) is 0 Å². The number of carbonyl (C=O) groups is 2. The molecular weight excluding hydrogens is 386 g/mol. The number of nitrogens with zero attached hydrogens (tertiary/aromatic N) is 1. The van der Waals surface area contributed by atoms with E-state index >= 15 is 0 Å². The van der Waals surface area contributed by atoms with Crippen molar-refractivity contribution in [2.75, 3.05) is 19.5 Å². The van der Waals surface area contributed by atoms with Gasteiger partial charge in [0.25, 0.3) is 0 Å². The highest BCUT2D eigenvalue weighted by Crippen LogP contribution is 2.42. The summed E-state index contributed by atoms with van der Waals surface area (Å²) in [5.74, 6) is 0.0941. The topological polar surface area (TPSA) is 55.8 Å². The molecule has 1 aliphatic carbocycles. The fourth-order valence-corrected chi connectivity index (χ4v) is 4.33. The molecule has 0 aliphatic heterocycles.